The first kappa shape index (κ1) is 36.0. The molecule has 0 radical (unpaired) electrons. The average molecular weight is 835 g/mol. The fourth-order valence-electron chi connectivity index (χ4n) is 6.82. The molecule has 0 saturated carbocycles. The number of aromatic nitrogens is 4. The number of hydrogen-bond acceptors (Lipinski definition) is 2. The molecule has 3 aromatic heterocycles. The van der Waals surface area contributed by atoms with Crippen LogP contribution in [-0.2, 0) is 10.8 Å². The smallest absolute Gasteiger partial charge is 0.255 e. The molecule has 0 fully saturated rings. The van der Waals surface area contributed by atoms with Crippen LogP contribution in [0.4, 0.5) is 0 Å². The van der Waals surface area contributed by atoms with Crippen molar-refractivity contribution in [1.29, 1.82) is 0 Å². The molecule has 262 valence electrons. The highest BCUT2D eigenvalue weighted by molar-refractivity contribution is 9.11. The van der Waals surface area contributed by atoms with Gasteiger partial charge in [-0.05, 0) is 121 Å². The van der Waals surface area contributed by atoms with E-state index in [9.17, 15) is 0 Å². The van der Waals surface area contributed by atoms with Crippen LogP contribution in [0, 0.1) is 0 Å². The van der Waals surface area contributed by atoms with Gasteiger partial charge in [0, 0.05) is 29.1 Å². The number of para-hydroxylation sites is 3. The van der Waals surface area contributed by atoms with Gasteiger partial charge < -0.3 is 17.1 Å². The van der Waals surface area contributed by atoms with Gasteiger partial charge in [0.25, 0.3) is 6.33 Å². The molecule has 0 unspecified atom stereocenters. The molecule has 0 N–H and O–H groups in total. The standard InChI is InChI=1S/C44H39Br2N4O.ClH/c1-43(2,3)28-20-21-47-41(24-28)50-37-15-8-7-14-33(37)34-19-18-32(26-40(34)50)51-31-13-11-12-30(25-31)48-27-49(39-17-10-9-16-38(39)48)42-35(45)22-29(23-36(42)46)44(4,5)6;/h7-27H,1-6H3;1H/q+1;/p-1. The topological polar surface area (TPSA) is 35.9 Å². The quantitative estimate of drug-likeness (QED) is 0.162. The molecule has 0 aliphatic rings. The van der Waals surface area contributed by atoms with Crippen LogP contribution in [0.15, 0.2) is 137 Å². The van der Waals surface area contributed by atoms with Crippen LogP contribution in [0.1, 0.15) is 52.7 Å². The van der Waals surface area contributed by atoms with E-state index in [4.69, 9.17) is 9.72 Å². The van der Waals surface area contributed by atoms with Crippen LogP contribution < -0.4 is 21.7 Å². The van der Waals surface area contributed by atoms with E-state index in [1.54, 1.807) is 0 Å². The normalized spacial score (nSPS) is 12.1. The number of pyridine rings is 1. The molecule has 3 heterocycles. The molecule has 0 atom stereocenters. The van der Waals surface area contributed by atoms with E-state index in [0.717, 1.165) is 65.1 Å². The van der Waals surface area contributed by atoms with Gasteiger partial charge in [0.2, 0.25) is 0 Å². The van der Waals surface area contributed by atoms with Gasteiger partial charge in [-0.1, -0.05) is 77.9 Å². The summed E-state index contributed by atoms with van der Waals surface area (Å²) in [6, 6.07) is 40.3. The molecule has 52 heavy (non-hydrogen) atoms. The lowest BCUT2D eigenvalue weighted by Gasteiger charge is -2.20. The minimum Gasteiger partial charge on any atom is -1.00 e. The van der Waals surface area contributed by atoms with Crippen LogP contribution >= 0.6 is 31.9 Å². The summed E-state index contributed by atoms with van der Waals surface area (Å²) in [7, 11) is 0. The van der Waals surface area contributed by atoms with Crippen LogP contribution in [-0.4, -0.2) is 14.1 Å². The lowest BCUT2D eigenvalue weighted by molar-refractivity contribution is -0.567. The number of rotatable bonds is 5. The number of ether oxygens (including phenoxy) is 1. The van der Waals surface area contributed by atoms with Gasteiger partial charge in [0.05, 0.1) is 20.0 Å². The second-order valence-corrected chi connectivity index (χ2v) is 16.9. The van der Waals surface area contributed by atoms with E-state index in [1.807, 2.05) is 18.3 Å². The lowest BCUT2D eigenvalue weighted by atomic mass is 9.87. The molecule has 8 heteroatoms. The van der Waals surface area contributed by atoms with E-state index in [-0.39, 0.29) is 23.2 Å². The highest BCUT2D eigenvalue weighted by Gasteiger charge is 2.25. The molecule has 0 bridgehead atoms. The Morgan fingerprint density at radius 1 is 0.615 bits per heavy atom. The average Bonchev–Trinajstić information content (AvgIpc) is 3.63. The Kier molecular flexibility index (Phi) is 9.35. The predicted octanol–water partition coefficient (Wildman–Crippen LogP) is 9.32. The van der Waals surface area contributed by atoms with E-state index < -0.39 is 0 Å². The summed E-state index contributed by atoms with van der Waals surface area (Å²) >= 11 is 7.80. The number of imidazole rings is 1. The SMILES string of the molecule is CC(C)(C)c1ccnc(-n2c3ccccc3c3ccc(Oc4cccc(-[n+]5cn(-c6c(Br)cc(C(C)(C)C)cc6Br)c6ccccc65)c4)cc32)c1.[Cl-]. The van der Waals surface area contributed by atoms with Crippen molar-refractivity contribution in [3.05, 3.63) is 148 Å². The Morgan fingerprint density at radius 2 is 1.27 bits per heavy atom. The third kappa shape index (κ3) is 6.44. The summed E-state index contributed by atoms with van der Waals surface area (Å²) < 4.78 is 15.4. The predicted molar refractivity (Wildman–Crippen MR) is 216 cm³/mol. The zero-order chi connectivity index (χ0) is 35.7. The Morgan fingerprint density at radius 3 is 2.00 bits per heavy atom. The second-order valence-electron chi connectivity index (χ2n) is 15.2. The first-order valence-electron chi connectivity index (χ1n) is 17.2. The van der Waals surface area contributed by atoms with E-state index in [0.29, 0.717) is 0 Å². The molecular formula is C44H39Br2ClN4O. The lowest BCUT2D eigenvalue weighted by Crippen LogP contribution is -3.00. The third-order valence-corrected chi connectivity index (χ3v) is 10.8. The van der Waals surface area contributed by atoms with Crippen molar-refractivity contribution in [2.75, 3.05) is 0 Å². The minimum atomic E-state index is 0. The van der Waals surface area contributed by atoms with Crippen LogP contribution in [0.2, 0.25) is 0 Å². The highest BCUT2D eigenvalue weighted by atomic mass is 79.9. The molecule has 0 aliphatic heterocycles. The maximum absolute atomic E-state index is 6.63. The van der Waals surface area contributed by atoms with Gasteiger partial charge in [-0.2, -0.15) is 9.13 Å². The van der Waals surface area contributed by atoms with Crippen LogP contribution in [0.25, 0.3) is 50.0 Å². The molecule has 8 rings (SSSR count). The Bertz CT molecular complexity index is 2600. The summed E-state index contributed by atoms with van der Waals surface area (Å²) in [6.45, 7) is 13.4. The third-order valence-electron chi connectivity index (χ3n) is 9.57. The zero-order valence-electron chi connectivity index (χ0n) is 30.0. The van der Waals surface area contributed by atoms with Crippen molar-refractivity contribution >= 4 is 64.7 Å². The maximum Gasteiger partial charge on any atom is 0.255 e. The molecule has 5 nitrogen and oxygen atoms in total. The number of fused-ring (bicyclic) bond motifs is 4. The van der Waals surface area contributed by atoms with Gasteiger partial charge in [-0.15, -0.1) is 0 Å². The largest absolute Gasteiger partial charge is 1.00 e. The fraction of sp³-hybridized carbons (Fsp3) is 0.182. The van der Waals surface area contributed by atoms with E-state index >= 15 is 0 Å². The minimum absolute atomic E-state index is 0. The second kappa shape index (κ2) is 13.5. The number of halogens is 3. The van der Waals surface area contributed by atoms with Crippen molar-refractivity contribution in [2.45, 2.75) is 52.4 Å². The number of hydrogen-bond donors (Lipinski definition) is 0. The van der Waals surface area contributed by atoms with Crippen LogP contribution in [0.3, 0.4) is 0 Å². The Labute approximate surface area is 327 Å². The molecule has 0 amide bonds. The summed E-state index contributed by atoms with van der Waals surface area (Å²) in [5.74, 6) is 2.41. The van der Waals surface area contributed by atoms with Crippen molar-refractivity contribution in [1.82, 2.24) is 14.1 Å². The summed E-state index contributed by atoms with van der Waals surface area (Å²) in [5.41, 5.74) is 8.92. The first-order chi connectivity index (χ1) is 24.4. The molecule has 8 aromatic rings. The molecule has 5 aromatic carbocycles. The van der Waals surface area contributed by atoms with Gasteiger partial charge in [-0.3, -0.25) is 4.57 Å². The van der Waals surface area contributed by atoms with E-state index in [2.05, 4.69) is 197 Å². The monoisotopic (exact) mass is 832 g/mol. The van der Waals surface area contributed by atoms with Gasteiger partial charge in [-0.25, -0.2) is 4.98 Å². The highest BCUT2D eigenvalue weighted by Crippen LogP contribution is 2.38. The van der Waals surface area contributed by atoms with Crippen molar-refractivity contribution in [3.63, 3.8) is 0 Å². The van der Waals surface area contributed by atoms with E-state index in [1.165, 1.54) is 16.5 Å². The molecule has 0 saturated heterocycles. The van der Waals surface area contributed by atoms with Gasteiger partial charge in [0.1, 0.15) is 23.0 Å². The first-order valence-corrected chi connectivity index (χ1v) is 18.8. The van der Waals surface area contributed by atoms with Gasteiger partial charge >= 0.3 is 0 Å². The molecule has 0 aliphatic carbocycles. The van der Waals surface area contributed by atoms with Gasteiger partial charge in [0.15, 0.2) is 16.7 Å². The Balaban J connectivity index is 0.00000420. The van der Waals surface area contributed by atoms with Crippen molar-refractivity contribution in [2.24, 2.45) is 0 Å². The fourth-order valence-corrected chi connectivity index (χ4v) is 8.39. The molecular weight excluding hydrogens is 796 g/mol. The van der Waals surface area contributed by atoms with Crippen molar-refractivity contribution < 1.29 is 21.7 Å². The van der Waals surface area contributed by atoms with Crippen molar-refractivity contribution in [3.8, 4) is 28.7 Å². The number of nitrogens with zero attached hydrogens (tertiary/aromatic N) is 4. The summed E-state index contributed by atoms with van der Waals surface area (Å²) in [6.07, 6.45) is 4.06. The summed E-state index contributed by atoms with van der Waals surface area (Å²) in [4.78, 5) is 4.84. The Hall–Kier alpha value is -4.43. The number of benzene rings is 5. The molecule has 0 spiro atoms. The van der Waals surface area contributed by atoms with Crippen LogP contribution in [0.5, 0.6) is 11.5 Å². The zero-order valence-corrected chi connectivity index (χ0v) is 33.9. The maximum atomic E-state index is 6.63. The summed E-state index contributed by atoms with van der Waals surface area (Å²) in [5, 5.41) is 2.34.